The highest BCUT2D eigenvalue weighted by molar-refractivity contribution is 6.03. The van der Waals surface area contributed by atoms with Crippen LogP contribution in [-0.4, -0.2) is 101 Å². The number of benzene rings is 1. The monoisotopic (exact) mass is 595 g/mol. The van der Waals surface area contributed by atoms with Gasteiger partial charge in [-0.25, -0.2) is 14.2 Å². The molecule has 0 saturated carbocycles. The Balaban J connectivity index is 1.43. The van der Waals surface area contributed by atoms with Gasteiger partial charge in [-0.3, -0.25) is 9.69 Å². The van der Waals surface area contributed by atoms with Gasteiger partial charge in [-0.05, 0) is 71.7 Å². The van der Waals surface area contributed by atoms with E-state index in [2.05, 4.69) is 27.4 Å². The second-order valence-electron chi connectivity index (χ2n) is 12.6. The molecule has 0 spiro atoms. The molecule has 11 nitrogen and oxygen atoms in total. The molecule has 2 bridgehead atoms. The van der Waals surface area contributed by atoms with Crippen LogP contribution in [0.2, 0.25) is 0 Å². The lowest BCUT2D eigenvalue weighted by molar-refractivity contribution is 0.0297. The second-order valence-corrected chi connectivity index (χ2v) is 12.6. The summed E-state index contributed by atoms with van der Waals surface area (Å²) in [5, 5.41) is 5.14. The highest BCUT2D eigenvalue weighted by Gasteiger charge is 2.41. The number of anilines is 2. The molecule has 43 heavy (non-hydrogen) atoms. The smallest absolute Gasteiger partial charge is 0.319 e. The van der Waals surface area contributed by atoms with Crippen molar-refractivity contribution in [1.29, 1.82) is 0 Å². The quantitative estimate of drug-likeness (QED) is 0.496. The summed E-state index contributed by atoms with van der Waals surface area (Å²) in [6, 6.07) is 4.23. The second kappa shape index (κ2) is 11.9. The summed E-state index contributed by atoms with van der Waals surface area (Å²) in [5.41, 5.74) is 0.271. The Morgan fingerprint density at radius 3 is 2.60 bits per heavy atom. The highest BCUT2D eigenvalue weighted by atomic mass is 19.1. The molecular formula is C31H42FN7O4. The highest BCUT2D eigenvalue weighted by Crippen LogP contribution is 2.38. The number of carbonyl (C=O) groups is 2. The number of carbonyl (C=O) groups excluding carboxylic acids is 2. The average Bonchev–Trinajstić information content (AvgIpc) is 3.54. The zero-order valence-corrected chi connectivity index (χ0v) is 25.5. The predicted molar refractivity (Wildman–Crippen MR) is 161 cm³/mol. The first-order valence-corrected chi connectivity index (χ1v) is 15.5. The van der Waals surface area contributed by atoms with E-state index >= 15 is 4.39 Å². The van der Waals surface area contributed by atoms with Gasteiger partial charge >= 0.3 is 6.03 Å². The van der Waals surface area contributed by atoms with Gasteiger partial charge in [0.25, 0.3) is 5.91 Å². The average molecular weight is 596 g/mol. The third-order valence-electron chi connectivity index (χ3n) is 8.80. The number of likely N-dealkylation sites (N-methyl/N-ethyl adjacent to an activating group) is 1. The van der Waals surface area contributed by atoms with E-state index in [1.807, 2.05) is 18.7 Å². The molecule has 1 aromatic heterocycles. The molecule has 4 aliphatic rings. The lowest BCUT2D eigenvalue weighted by atomic mass is 10.0. The van der Waals surface area contributed by atoms with Crippen LogP contribution in [-0.2, 0) is 4.74 Å². The Morgan fingerprint density at radius 1 is 1.14 bits per heavy atom. The van der Waals surface area contributed by atoms with Crippen molar-refractivity contribution in [1.82, 2.24) is 25.1 Å². The first-order chi connectivity index (χ1) is 20.6. The van der Waals surface area contributed by atoms with Gasteiger partial charge in [0.15, 0.2) is 0 Å². The Bertz CT molecular complexity index is 1380. The Morgan fingerprint density at radius 2 is 1.91 bits per heavy atom. The third-order valence-corrected chi connectivity index (χ3v) is 8.80. The number of morpholine rings is 1. The van der Waals surface area contributed by atoms with E-state index in [0.717, 1.165) is 38.8 Å². The van der Waals surface area contributed by atoms with Crippen molar-refractivity contribution in [2.75, 3.05) is 56.0 Å². The van der Waals surface area contributed by atoms with Gasteiger partial charge < -0.3 is 29.9 Å². The fraction of sp³-hybridized carbons (Fsp3) is 0.613. The van der Waals surface area contributed by atoms with E-state index in [9.17, 15) is 9.59 Å². The summed E-state index contributed by atoms with van der Waals surface area (Å²) in [4.78, 5) is 42.6. The van der Waals surface area contributed by atoms with Crippen LogP contribution < -0.4 is 20.3 Å². The molecule has 3 fully saturated rings. The van der Waals surface area contributed by atoms with E-state index in [0.29, 0.717) is 49.9 Å². The number of urea groups is 1. The van der Waals surface area contributed by atoms with E-state index in [1.165, 1.54) is 12.1 Å². The number of halogens is 1. The lowest BCUT2D eigenvalue weighted by Gasteiger charge is -2.33. The van der Waals surface area contributed by atoms with Gasteiger partial charge in [-0.2, -0.15) is 4.98 Å². The van der Waals surface area contributed by atoms with Crippen molar-refractivity contribution in [3.05, 3.63) is 29.6 Å². The van der Waals surface area contributed by atoms with E-state index < -0.39 is 17.4 Å². The molecule has 3 unspecified atom stereocenters. The van der Waals surface area contributed by atoms with Crippen molar-refractivity contribution in [2.45, 2.75) is 77.2 Å². The van der Waals surface area contributed by atoms with Crippen LogP contribution in [0.5, 0.6) is 5.88 Å². The SMILES string of the molecule is CCNC(=O)Nc1ccc(-c2nc(N3CC4CCC(C3)O4)nc3c2C(=O)N(CC2CCCN2CC)CC(C)(C)O3)cc1F. The van der Waals surface area contributed by atoms with Crippen molar-refractivity contribution in [2.24, 2.45) is 0 Å². The van der Waals surface area contributed by atoms with Crippen molar-refractivity contribution >= 4 is 23.6 Å². The minimum atomic E-state index is -0.713. The van der Waals surface area contributed by atoms with Crippen molar-refractivity contribution in [3.8, 4) is 17.1 Å². The van der Waals surface area contributed by atoms with Crippen LogP contribution in [0.4, 0.5) is 20.8 Å². The summed E-state index contributed by atoms with van der Waals surface area (Å²) in [6.45, 7) is 12.4. The number of nitrogens with one attached hydrogen (secondary N) is 2. The summed E-state index contributed by atoms with van der Waals surface area (Å²) >= 11 is 0. The summed E-state index contributed by atoms with van der Waals surface area (Å²) in [7, 11) is 0. The number of aromatic nitrogens is 2. The number of hydrogen-bond donors (Lipinski definition) is 2. The van der Waals surface area contributed by atoms with Crippen LogP contribution in [0, 0.1) is 5.82 Å². The molecule has 6 rings (SSSR count). The standard InChI is InChI=1S/C31H42FN7O4/c1-5-33-30(41)34-24-12-9-19(14-23(24)32)26-25-27(36-29(35-26)38-16-21-10-11-22(17-38)42-21)43-31(3,4)18-39(28(25)40)15-20-8-7-13-37(20)6-2/h9,12,14,20-22H,5-8,10-11,13,15-18H2,1-4H3,(H2,33,34,41). The molecule has 3 atom stereocenters. The van der Waals surface area contributed by atoms with E-state index in [4.69, 9.17) is 19.4 Å². The third kappa shape index (κ3) is 6.12. The normalized spacial score (nSPS) is 24.9. The topological polar surface area (TPSA) is 112 Å². The van der Waals surface area contributed by atoms with Gasteiger partial charge in [0, 0.05) is 37.8 Å². The largest absolute Gasteiger partial charge is 0.469 e. The van der Waals surface area contributed by atoms with E-state index in [1.54, 1.807) is 13.0 Å². The molecule has 3 saturated heterocycles. The summed E-state index contributed by atoms with van der Waals surface area (Å²) in [5.74, 6) is -0.216. The van der Waals surface area contributed by atoms with Crippen molar-refractivity contribution < 1.29 is 23.5 Å². The first kappa shape index (κ1) is 29.6. The predicted octanol–water partition coefficient (Wildman–Crippen LogP) is 3.89. The van der Waals surface area contributed by atoms with Crippen LogP contribution >= 0.6 is 0 Å². The summed E-state index contributed by atoms with van der Waals surface area (Å²) < 4.78 is 28.0. The van der Waals surface area contributed by atoms with Crippen LogP contribution in [0.15, 0.2) is 18.2 Å². The van der Waals surface area contributed by atoms with Gasteiger partial charge in [-0.1, -0.05) is 13.0 Å². The maximum absolute atomic E-state index is 15.4. The fourth-order valence-corrected chi connectivity index (χ4v) is 6.82. The molecule has 3 amide bonds. The molecule has 5 heterocycles. The number of amides is 3. The lowest BCUT2D eigenvalue weighted by Crippen LogP contribution is -2.48. The summed E-state index contributed by atoms with van der Waals surface area (Å²) in [6.07, 6.45) is 4.30. The first-order valence-electron chi connectivity index (χ1n) is 15.5. The van der Waals surface area contributed by atoms with Crippen molar-refractivity contribution in [3.63, 3.8) is 0 Å². The molecule has 2 N–H and O–H groups in total. The van der Waals surface area contributed by atoms with Crippen LogP contribution in [0.3, 0.4) is 0 Å². The van der Waals surface area contributed by atoms with Gasteiger partial charge in [-0.15, -0.1) is 0 Å². The van der Waals surface area contributed by atoms with Gasteiger partial charge in [0.05, 0.1) is 30.1 Å². The fourth-order valence-electron chi connectivity index (χ4n) is 6.82. The Kier molecular flexibility index (Phi) is 8.16. The number of rotatable bonds is 7. The maximum atomic E-state index is 15.4. The molecule has 1 aromatic carbocycles. The van der Waals surface area contributed by atoms with Crippen LogP contribution in [0.1, 0.15) is 63.7 Å². The molecule has 0 radical (unpaired) electrons. The zero-order chi connectivity index (χ0) is 30.3. The zero-order valence-electron chi connectivity index (χ0n) is 25.5. The Hall–Kier alpha value is -3.51. The Labute approximate surface area is 252 Å². The van der Waals surface area contributed by atoms with E-state index in [-0.39, 0.29) is 41.3 Å². The minimum Gasteiger partial charge on any atom is -0.469 e. The number of ether oxygens (including phenoxy) is 2. The number of hydrogen-bond acceptors (Lipinski definition) is 8. The molecular weight excluding hydrogens is 553 g/mol. The molecule has 12 heteroatoms. The van der Waals surface area contributed by atoms with Crippen LogP contribution in [0.25, 0.3) is 11.3 Å². The molecule has 232 valence electrons. The van der Waals surface area contributed by atoms with Gasteiger partial charge in [0.1, 0.15) is 17.0 Å². The minimum absolute atomic E-state index is 0.0334. The molecule has 2 aromatic rings. The van der Waals surface area contributed by atoms with Gasteiger partial charge in [0.2, 0.25) is 11.8 Å². The number of nitrogens with zero attached hydrogens (tertiary/aromatic N) is 5. The number of fused-ring (bicyclic) bond motifs is 3. The number of likely N-dealkylation sites (tertiary alicyclic amines) is 1. The molecule has 4 aliphatic heterocycles. The molecule has 0 aliphatic carbocycles. The maximum Gasteiger partial charge on any atom is 0.319 e.